The number of aromatic amines is 6. The SMILES string of the molecule is Cc1ccc(-c2cc3nc(-c4ccccn4)[nH]c(=O)c3s2)cc1.Cc1ccc(-c2cc3nc(-c4ccccn4)[nH]c(=O)c3s2)cc1.Cc1cccc(-c2cc3nc(-c4ccccn4)[nH]c(=O)c3s2)c1.Cn1ccnc1-c1nc2ccsc2c(=O)[nH]1.O=c1[nH]c(-c2ccccn2)nc2cc(-c3ccccc3)sc12.O=c1[nH]c(-c2ccccn2)nc2cc(-c3ccccc3Cl)sc12. The molecule has 0 bridgehead atoms. The number of benzene rings is 5. The first-order valence-corrected chi connectivity index (χ1v) is 45.5. The van der Waals surface area contributed by atoms with Crippen molar-refractivity contribution < 1.29 is 0 Å². The van der Waals surface area contributed by atoms with Crippen LogP contribution in [0.15, 0.2) is 332 Å². The molecule has 18 heterocycles. The number of hydrogen-bond donors (Lipinski definition) is 6. The molecule has 0 radical (unpaired) electrons. The average molecular weight is 1840 g/mol. The van der Waals surface area contributed by atoms with Crippen LogP contribution in [0.3, 0.4) is 0 Å². The number of thiophene rings is 6. The summed E-state index contributed by atoms with van der Waals surface area (Å²) in [6.45, 7) is 6.17. The number of aryl methyl sites for hydroxylation is 4. The van der Waals surface area contributed by atoms with Crippen molar-refractivity contribution in [2.75, 3.05) is 0 Å². The second kappa shape index (κ2) is 38.3. The van der Waals surface area contributed by atoms with Crippen LogP contribution in [0.4, 0.5) is 0 Å². The average Bonchev–Trinajstić information content (AvgIpc) is 1.66. The first-order valence-electron chi connectivity index (χ1n) is 40.1. The molecule has 0 aliphatic carbocycles. The number of fused-ring (bicyclic) bond motifs is 6. The van der Waals surface area contributed by atoms with E-state index in [2.05, 4.69) is 171 Å². The van der Waals surface area contributed by atoms with E-state index in [9.17, 15) is 28.8 Å². The summed E-state index contributed by atoms with van der Waals surface area (Å²) in [4.78, 5) is 148. The fourth-order valence-electron chi connectivity index (χ4n) is 13.6. The highest BCUT2D eigenvalue weighted by atomic mass is 35.5. The van der Waals surface area contributed by atoms with Gasteiger partial charge < -0.3 is 34.5 Å². The van der Waals surface area contributed by atoms with E-state index in [4.69, 9.17) is 11.6 Å². The lowest BCUT2D eigenvalue weighted by molar-refractivity contribution is 0.907. The molecule has 0 saturated carbocycles. The van der Waals surface area contributed by atoms with Gasteiger partial charge in [-0.3, -0.25) is 53.7 Å². The van der Waals surface area contributed by atoms with Gasteiger partial charge in [0.1, 0.15) is 56.7 Å². The van der Waals surface area contributed by atoms with Crippen LogP contribution in [0, 0.1) is 20.8 Å². The van der Waals surface area contributed by atoms with Gasteiger partial charge in [-0.2, -0.15) is 0 Å². The van der Waals surface area contributed by atoms with Gasteiger partial charge in [-0.05, 0) is 152 Å². The maximum Gasteiger partial charge on any atom is 0.269 e. The molecule has 0 aliphatic heterocycles. The van der Waals surface area contributed by atoms with Crippen molar-refractivity contribution in [2.45, 2.75) is 20.8 Å². The summed E-state index contributed by atoms with van der Waals surface area (Å²) >= 11 is 14.9. The van der Waals surface area contributed by atoms with Crippen LogP contribution in [0.5, 0.6) is 0 Å². The first kappa shape index (κ1) is 85.2. The Balaban J connectivity index is 0.000000105. The number of H-pyrrole nitrogens is 6. The molecule has 0 amide bonds. The van der Waals surface area contributed by atoms with Crippen LogP contribution in [-0.2, 0) is 7.05 Å². The topological polar surface area (TPSA) is 357 Å². The van der Waals surface area contributed by atoms with Gasteiger partial charge in [-0.15, -0.1) is 68.0 Å². The molecule has 32 heteroatoms. The Kier molecular flexibility index (Phi) is 25.1. The monoisotopic (exact) mass is 1830 g/mol. The lowest BCUT2D eigenvalue weighted by Crippen LogP contribution is -2.09. The summed E-state index contributed by atoms with van der Waals surface area (Å²) in [5.74, 6) is 3.61. The van der Waals surface area contributed by atoms with E-state index in [1.54, 1.807) is 37.2 Å². The van der Waals surface area contributed by atoms with Gasteiger partial charge >= 0.3 is 0 Å². The zero-order valence-electron chi connectivity index (χ0n) is 69.0. The smallest absolute Gasteiger partial charge is 0.269 e. The molecule has 0 fully saturated rings. The van der Waals surface area contributed by atoms with E-state index >= 15 is 0 Å². The largest absolute Gasteiger partial charge is 0.331 e. The third-order valence-electron chi connectivity index (χ3n) is 20.0. The summed E-state index contributed by atoms with van der Waals surface area (Å²) in [5.41, 5.74) is 15.6. The van der Waals surface area contributed by atoms with Crippen LogP contribution in [0.1, 0.15) is 16.7 Å². The van der Waals surface area contributed by atoms with Crippen molar-refractivity contribution >= 4 is 141 Å². The lowest BCUT2D eigenvalue weighted by atomic mass is 10.1. The Morgan fingerprint density at radius 2 is 0.600 bits per heavy atom. The van der Waals surface area contributed by atoms with Gasteiger partial charge in [-0.25, -0.2) is 34.9 Å². The van der Waals surface area contributed by atoms with E-state index in [-0.39, 0.29) is 33.4 Å². The van der Waals surface area contributed by atoms with Crippen molar-refractivity contribution in [2.24, 2.45) is 7.05 Å². The number of nitrogens with zero attached hydrogens (tertiary/aromatic N) is 13. The Morgan fingerprint density at radius 1 is 0.277 bits per heavy atom. The van der Waals surface area contributed by atoms with Crippen LogP contribution in [-0.4, -0.2) is 94.3 Å². The summed E-state index contributed by atoms with van der Waals surface area (Å²) in [6.07, 6.45) is 11.9. The predicted molar refractivity (Wildman–Crippen MR) is 526 cm³/mol. The number of pyridine rings is 5. The highest BCUT2D eigenvalue weighted by Gasteiger charge is 2.20. The molecule has 0 aliphatic rings. The van der Waals surface area contributed by atoms with Crippen LogP contribution < -0.4 is 33.4 Å². The molecule has 23 rings (SSSR count). The fourth-order valence-corrected chi connectivity index (χ4v) is 19.6. The molecule has 5 aromatic carbocycles. The molecular formula is C98H68ClN19O6S6. The van der Waals surface area contributed by atoms with Gasteiger partial charge in [0.2, 0.25) is 0 Å². The molecule has 25 nitrogen and oxygen atoms in total. The maximum absolute atomic E-state index is 12.4. The third-order valence-corrected chi connectivity index (χ3v) is 27.0. The number of nitrogens with one attached hydrogen (secondary N) is 6. The normalized spacial score (nSPS) is 11.0. The molecule has 0 atom stereocenters. The Labute approximate surface area is 765 Å². The van der Waals surface area contributed by atoms with Crippen LogP contribution >= 0.6 is 79.6 Å². The second-order valence-corrected chi connectivity index (χ2v) is 35.7. The minimum atomic E-state index is -0.168. The number of imidazole rings is 1. The number of rotatable bonds is 11. The molecule has 634 valence electrons. The Hall–Kier alpha value is -15.6. The summed E-state index contributed by atoms with van der Waals surface area (Å²) in [5, 5.41) is 2.51. The van der Waals surface area contributed by atoms with E-state index in [1.807, 2.05) is 217 Å². The standard InChI is InChI=1S/3C18H13N3OS.C17H10ClN3OS.C17H11N3OS.C10H8N4OS/c1-11-5-4-6-12(9-11)15-10-14-16(23-15)18(22)21-17(20-14)13-7-2-3-8-19-13;2*1-11-5-7-12(8-6-11)15-10-14-16(23-15)18(22)21-17(20-14)13-4-2-3-9-19-13;18-11-6-2-1-5-10(11)14-9-13-15(23-14)17(22)21-16(20-13)12-7-3-4-8-19-12;21-17-15-13(10-14(22-15)11-6-2-1-3-7-11)19-16(20-17)12-8-4-5-9-18-12;1-14-4-3-11-9(14)8-12-6-2-5-16-7(6)10(15)13-8/h3*2-10H,1H3,(H,20,21,22);1-9H,(H,20,21,22);1-10H,(H,19,20,21);2-5H,1H3,(H,12,13,15). The van der Waals surface area contributed by atoms with Gasteiger partial charge in [0.15, 0.2) is 40.8 Å². The molecule has 6 N–H and O–H groups in total. The number of halogens is 1. The predicted octanol–water partition coefficient (Wildman–Crippen LogP) is 21.5. The summed E-state index contributed by atoms with van der Waals surface area (Å²) in [6, 6.07) is 81.5. The van der Waals surface area contributed by atoms with Gasteiger partial charge in [0.05, 0.1) is 33.1 Å². The number of aromatic nitrogens is 19. The first-order chi connectivity index (χ1) is 63.4. The lowest BCUT2D eigenvalue weighted by Gasteiger charge is -2.00. The zero-order valence-corrected chi connectivity index (χ0v) is 74.6. The Morgan fingerprint density at radius 3 is 0.962 bits per heavy atom. The van der Waals surface area contributed by atoms with Crippen molar-refractivity contribution in [3.63, 3.8) is 0 Å². The highest BCUT2D eigenvalue weighted by Crippen LogP contribution is 2.39. The van der Waals surface area contributed by atoms with Crippen molar-refractivity contribution in [3.05, 3.63) is 387 Å². The molecule has 23 aromatic rings. The quantitative estimate of drug-likeness (QED) is 0.0700. The van der Waals surface area contributed by atoms with Crippen molar-refractivity contribution in [1.82, 2.24) is 94.3 Å². The van der Waals surface area contributed by atoms with Crippen LogP contribution in [0.2, 0.25) is 5.02 Å². The van der Waals surface area contributed by atoms with E-state index in [0.29, 0.717) is 136 Å². The summed E-state index contributed by atoms with van der Waals surface area (Å²) in [7, 11) is 1.86. The van der Waals surface area contributed by atoms with Crippen molar-refractivity contribution in [3.8, 4) is 121 Å². The van der Waals surface area contributed by atoms with E-state index in [0.717, 1.165) is 52.2 Å². The van der Waals surface area contributed by atoms with Gasteiger partial charge in [0.25, 0.3) is 33.4 Å². The number of hydrogen-bond acceptors (Lipinski definition) is 24. The van der Waals surface area contributed by atoms with Crippen molar-refractivity contribution in [1.29, 1.82) is 0 Å². The fraction of sp³-hybridized carbons (Fsp3) is 0.0408. The molecule has 130 heavy (non-hydrogen) atoms. The minimum Gasteiger partial charge on any atom is -0.331 e. The highest BCUT2D eigenvalue weighted by molar-refractivity contribution is 7.23. The van der Waals surface area contributed by atoms with Crippen LogP contribution in [0.25, 0.3) is 183 Å². The van der Waals surface area contributed by atoms with Gasteiger partial charge in [-0.1, -0.05) is 180 Å². The zero-order chi connectivity index (χ0) is 89.3. The Bertz CT molecular complexity index is 8240. The molecule has 0 saturated heterocycles. The summed E-state index contributed by atoms with van der Waals surface area (Å²) < 4.78 is 5.61. The van der Waals surface area contributed by atoms with E-state index < -0.39 is 0 Å². The maximum atomic E-state index is 12.4. The van der Waals surface area contributed by atoms with Gasteiger partial charge in [0, 0.05) is 85.4 Å². The molecule has 18 aromatic heterocycles. The minimum absolute atomic E-state index is 0.113. The van der Waals surface area contributed by atoms with E-state index in [1.165, 1.54) is 84.7 Å². The second-order valence-electron chi connectivity index (χ2n) is 29.1. The molecule has 0 unspecified atom stereocenters. The third kappa shape index (κ3) is 19.2. The molecule has 0 spiro atoms. The molecular weight excluding hydrogens is 1770 g/mol.